The molecular formula is C21H25NO2. The van der Waals surface area contributed by atoms with Gasteiger partial charge in [-0.1, -0.05) is 25.7 Å². The van der Waals surface area contributed by atoms with Gasteiger partial charge in [0.05, 0.1) is 6.61 Å². The highest BCUT2D eigenvalue weighted by Crippen LogP contribution is 2.51. The Morgan fingerprint density at radius 1 is 1.21 bits per heavy atom. The van der Waals surface area contributed by atoms with Gasteiger partial charge in [-0.05, 0) is 55.4 Å². The van der Waals surface area contributed by atoms with Crippen LogP contribution in [0.5, 0.6) is 0 Å². The molecule has 24 heavy (non-hydrogen) atoms. The number of amides is 1. The topological polar surface area (TPSA) is 38.3 Å². The number of hydrogen-bond acceptors (Lipinski definition) is 2. The van der Waals surface area contributed by atoms with E-state index < -0.39 is 6.09 Å². The fraction of sp³-hybridized carbons (Fsp3) is 0.476. The average Bonchev–Trinajstić information content (AvgIpc) is 3.24. The van der Waals surface area contributed by atoms with Crippen LogP contribution in [0.2, 0.25) is 0 Å². The molecule has 0 radical (unpaired) electrons. The fourth-order valence-corrected chi connectivity index (χ4v) is 3.32. The molecule has 0 bridgehead atoms. The smallest absolute Gasteiger partial charge is 0.411 e. The van der Waals surface area contributed by atoms with Crippen molar-refractivity contribution in [2.75, 3.05) is 11.9 Å². The SMILES string of the molecule is C#CCCC1C(CCC)C1COC(=O)Nc1ccc(C#CC)cc1. The lowest BCUT2D eigenvalue weighted by Crippen LogP contribution is -2.15. The van der Waals surface area contributed by atoms with Crippen molar-refractivity contribution in [2.45, 2.75) is 39.5 Å². The van der Waals surface area contributed by atoms with Gasteiger partial charge in [-0.3, -0.25) is 5.32 Å². The monoisotopic (exact) mass is 323 g/mol. The lowest BCUT2D eigenvalue weighted by Gasteiger charge is -2.07. The van der Waals surface area contributed by atoms with Crippen LogP contribution in [-0.2, 0) is 4.74 Å². The van der Waals surface area contributed by atoms with Crippen molar-refractivity contribution in [1.82, 2.24) is 0 Å². The Bertz CT molecular complexity index is 645. The summed E-state index contributed by atoms with van der Waals surface area (Å²) in [5.74, 6) is 10.2. The van der Waals surface area contributed by atoms with E-state index >= 15 is 0 Å². The summed E-state index contributed by atoms with van der Waals surface area (Å²) in [5, 5.41) is 2.76. The third-order valence-electron chi connectivity index (χ3n) is 4.56. The van der Waals surface area contributed by atoms with E-state index in [2.05, 4.69) is 30.0 Å². The summed E-state index contributed by atoms with van der Waals surface area (Å²) < 4.78 is 5.40. The molecule has 1 amide bonds. The van der Waals surface area contributed by atoms with Gasteiger partial charge in [-0.15, -0.1) is 18.3 Å². The van der Waals surface area contributed by atoms with Crippen molar-refractivity contribution in [3.05, 3.63) is 29.8 Å². The number of carbonyl (C=O) groups excluding carboxylic acids is 1. The molecule has 0 saturated heterocycles. The number of nitrogens with one attached hydrogen (secondary N) is 1. The van der Waals surface area contributed by atoms with Crippen LogP contribution in [0.4, 0.5) is 10.5 Å². The third kappa shape index (κ3) is 5.07. The van der Waals surface area contributed by atoms with Gasteiger partial charge >= 0.3 is 6.09 Å². The highest BCUT2D eigenvalue weighted by Gasteiger charge is 2.48. The molecule has 3 unspecified atom stereocenters. The zero-order valence-corrected chi connectivity index (χ0v) is 14.5. The minimum atomic E-state index is -0.401. The molecule has 1 aromatic carbocycles. The maximum absolute atomic E-state index is 11.9. The minimum absolute atomic E-state index is 0.401. The van der Waals surface area contributed by atoms with Crippen LogP contribution in [0.1, 0.15) is 45.1 Å². The molecule has 1 aromatic rings. The summed E-state index contributed by atoms with van der Waals surface area (Å²) in [4.78, 5) is 11.9. The van der Waals surface area contributed by atoms with E-state index in [0.29, 0.717) is 30.0 Å². The zero-order valence-electron chi connectivity index (χ0n) is 14.5. The Balaban J connectivity index is 1.78. The summed E-state index contributed by atoms with van der Waals surface area (Å²) >= 11 is 0. The van der Waals surface area contributed by atoms with Crippen molar-refractivity contribution < 1.29 is 9.53 Å². The van der Waals surface area contributed by atoms with Crippen LogP contribution in [0, 0.1) is 41.9 Å². The lowest BCUT2D eigenvalue weighted by molar-refractivity contribution is 0.152. The lowest BCUT2D eigenvalue weighted by atomic mass is 10.1. The van der Waals surface area contributed by atoms with Crippen LogP contribution >= 0.6 is 0 Å². The largest absolute Gasteiger partial charge is 0.449 e. The molecule has 3 heteroatoms. The van der Waals surface area contributed by atoms with Crippen LogP contribution < -0.4 is 5.32 Å². The molecule has 3 atom stereocenters. The van der Waals surface area contributed by atoms with Crippen molar-refractivity contribution in [1.29, 1.82) is 0 Å². The van der Waals surface area contributed by atoms with Gasteiger partial charge in [0.2, 0.25) is 0 Å². The van der Waals surface area contributed by atoms with E-state index in [4.69, 9.17) is 11.2 Å². The van der Waals surface area contributed by atoms with Crippen LogP contribution in [0.3, 0.4) is 0 Å². The number of ether oxygens (including phenoxy) is 1. The molecule has 1 aliphatic carbocycles. The number of carbonyl (C=O) groups is 1. The van der Waals surface area contributed by atoms with E-state index in [9.17, 15) is 4.79 Å². The van der Waals surface area contributed by atoms with Crippen molar-refractivity contribution in [3.8, 4) is 24.2 Å². The van der Waals surface area contributed by atoms with E-state index in [1.807, 2.05) is 24.3 Å². The second-order valence-corrected chi connectivity index (χ2v) is 6.20. The summed E-state index contributed by atoms with van der Waals surface area (Å²) in [7, 11) is 0. The van der Waals surface area contributed by atoms with Crippen molar-refractivity contribution in [3.63, 3.8) is 0 Å². The molecule has 0 spiro atoms. The van der Waals surface area contributed by atoms with Crippen molar-refractivity contribution >= 4 is 11.8 Å². The molecule has 1 N–H and O–H groups in total. The molecule has 1 fully saturated rings. The molecular weight excluding hydrogens is 298 g/mol. The molecule has 0 aromatic heterocycles. The summed E-state index contributed by atoms with van der Waals surface area (Å²) in [5.41, 5.74) is 1.64. The summed E-state index contributed by atoms with van der Waals surface area (Å²) in [6, 6.07) is 7.40. The Labute approximate surface area is 145 Å². The third-order valence-corrected chi connectivity index (χ3v) is 4.56. The summed E-state index contributed by atoms with van der Waals surface area (Å²) in [6.45, 7) is 4.46. The Morgan fingerprint density at radius 3 is 2.54 bits per heavy atom. The molecule has 1 saturated carbocycles. The highest BCUT2D eigenvalue weighted by molar-refractivity contribution is 5.84. The fourth-order valence-electron chi connectivity index (χ4n) is 3.32. The van der Waals surface area contributed by atoms with E-state index in [1.165, 1.54) is 6.42 Å². The van der Waals surface area contributed by atoms with Gasteiger partial charge in [0.25, 0.3) is 0 Å². The predicted octanol–water partition coefficient (Wildman–Crippen LogP) is 4.68. The average molecular weight is 323 g/mol. The number of benzene rings is 1. The number of hydrogen-bond donors (Lipinski definition) is 1. The molecule has 0 aliphatic heterocycles. The van der Waals surface area contributed by atoms with Crippen LogP contribution in [0.15, 0.2) is 24.3 Å². The van der Waals surface area contributed by atoms with Gasteiger partial charge in [-0.2, -0.15) is 0 Å². The first-order valence-corrected chi connectivity index (χ1v) is 8.59. The van der Waals surface area contributed by atoms with Gasteiger partial charge < -0.3 is 4.74 Å². The molecule has 1 aliphatic rings. The van der Waals surface area contributed by atoms with Crippen LogP contribution in [-0.4, -0.2) is 12.7 Å². The molecule has 2 rings (SSSR count). The first-order chi connectivity index (χ1) is 11.7. The quantitative estimate of drug-likeness (QED) is 0.740. The van der Waals surface area contributed by atoms with Gasteiger partial charge in [0, 0.05) is 17.7 Å². The number of terminal acetylenes is 1. The second kappa shape index (κ2) is 9.04. The van der Waals surface area contributed by atoms with Gasteiger partial charge in [-0.25, -0.2) is 4.79 Å². The Morgan fingerprint density at radius 2 is 1.92 bits per heavy atom. The van der Waals surface area contributed by atoms with Crippen molar-refractivity contribution in [2.24, 2.45) is 17.8 Å². The van der Waals surface area contributed by atoms with E-state index in [1.54, 1.807) is 6.92 Å². The standard InChI is InChI=1S/C21H25NO2/c1-4-7-10-19-18(9-6-3)20(19)15-24-21(23)22-17-13-11-16(8-5-2)12-14-17/h1,11-14,18-20H,6-7,9-10,15H2,2-3H3,(H,22,23). The first kappa shape index (κ1) is 18.0. The van der Waals surface area contributed by atoms with Gasteiger partial charge in [0.15, 0.2) is 0 Å². The first-order valence-electron chi connectivity index (χ1n) is 8.59. The van der Waals surface area contributed by atoms with Crippen LogP contribution in [0.25, 0.3) is 0 Å². The number of rotatable bonds is 7. The summed E-state index contributed by atoms with van der Waals surface area (Å²) in [6.07, 6.45) is 9.14. The zero-order chi connectivity index (χ0) is 17.4. The van der Waals surface area contributed by atoms with Gasteiger partial charge in [0.1, 0.15) is 0 Å². The maximum Gasteiger partial charge on any atom is 0.411 e. The van der Waals surface area contributed by atoms with E-state index in [0.717, 1.165) is 24.8 Å². The second-order valence-electron chi connectivity index (χ2n) is 6.20. The minimum Gasteiger partial charge on any atom is -0.449 e. The number of anilines is 1. The normalized spacial score (nSPS) is 21.1. The van der Waals surface area contributed by atoms with E-state index in [-0.39, 0.29) is 0 Å². The molecule has 3 nitrogen and oxygen atoms in total. The Kier molecular flexibility index (Phi) is 6.76. The Hall–Kier alpha value is -2.39. The maximum atomic E-state index is 11.9. The highest BCUT2D eigenvalue weighted by atomic mass is 16.5. The molecule has 0 heterocycles. The molecule has 126 valence electrons. The predicted molar refractivity (Wildman–Crippen MR) is 97.4 cm³/mol.